The Kier molecular flexibility index (Phi) is 3.93. The summed E-state index contributed by atoms with van der Waals surface area (Å²) in [5.41, 5.74) is 0.984. The van der Waals surface area contributed by atoms with E-state index in [1.54, 1.807) is 6.21 Å². The molecular formula is C12H13N3OS. The van der Waals surface area contributed by atoms with E-state index in [0.29, 0.717) is 5.17 Å². The van der Waals surface area contributed by atoms with E-state index in [1.165, 1.54) is 11.8 Å². The Labute approximate surface area is 104 Å². The lowest BCUT2D eigenvalue weighted by Crippen LogP contribution is -2.24. The van der Waals surface area contributed by atoms with Crippen LogP contribution in [0.4, 0.5) is 0 Å². The first kappa shape index (κ1) is 11.9. The van der Waals surface area contributed by atoms with Crippen LogP contribution in [0.5, 0.6) is 0 Å². The van der Waals surface area contributed by atoms with Crippen LogP contribution in [0.1, 0.15) is 18.9 Å². The van der Waals surface area contributed by atoms with Gasteiger partial charge in [0.2, 0.25) is 5.91 Å². The minimum Gasteiger partial charge on any atom is -0.303 e. The summed E-state index contributed by atoms with van der Waals surface area (Å²) < 4.78 is 0. The molecule has 1 fully saturated rings. The van der Waals surface area contributed by atoms with Gasteiger partial charge in [-0.2, -0.15) is 5.10 Å². The van der Waals surface area contributed by atoms with E-state index in [2.05, 4.69) is 15.5 Å². The van der Waals surface area contributed by atoms with Crippen molar-refractivity contribution >= 4 is 29.1 Å². The van der Waals surface area contributed by atoms with E-state index in [4.69, 9.17) is 0 Å². The van der Waals surface area contributed by atoms with Crippen molar-refractivity contribution in [2.75, 3.05) is 0 Å². The second-order valence-electron chi connectivity index (χ2n) is 3.56. The van der Waals surface area contributed by atoms with Gasteiger partial charge in [-0.1, -0.05) is 49.0 Å². The highest BCUT2D eigenvalue weighted by Crippen LogP contribution is 2.21. The molecule has 1 amide bonds. The van der Waals surface area contributed by atoms with E-state index >= 15 is 0 Å². The van der Waals surface area contributed by atoms with Crippen LogP contribution >= 0.6 is 11.8 Å². The summed E-state index contributed by atoms with van der Waals surface area (Å²) in [7, 11) is 0. The molecule has 1 saturated heterocycles. The molecule has 1 atom stereocenters. The fraction of sp³-hybridized carbons (Fsp3) is 0.250. The van der Waals surface area contributed by atoms with Crippen molar-refractivity contribution in [2.24, 2.45) is 10.2 Å². The molecule has 1 heterocycles. The van der Waals surface area contributed by atoms with E-state index in [0.717, 1.165) is 12.0 Å². The van der Waals surface area contributed by atoms with Gasteiger partial charge >= 0.3 is 0 Å². The second kappa shape index (κ2) is 5.63. The third kappa shape index (κ3) is 3.17. The molecule has 17 heavy (non-hydrogen) atoms. The van der Waals surface area contributed by atoms with Gasteiger partial charge in [0.05, 0.1) is 11.5 Å². The molecule has 0 aromatic heterocycles. The summed E-state index contributed by atoms with van der Waals surface area (Å²) in [6.07, 6.45) is 2.47. The van der Waals surface area contributed by atoms with Crippen LogP contribution < -0.4 is 5.32 Å². The summed E-state index contributed by atoms with van der Waals surface area (Å²) in [5, 5.41) is 11.2. The smallest absolute Gasteiger partial charge is 0.239 e. The van der Waals surface area contributed by atoms with Crippen molar-refractivity contribution < 1.29 is 4.79 Å². The molecule has 1 aromatic carbocycles. The van der Waals surface area contributed by atoms with Gasteiger partial charge in [0.1, 0.15) is 0 Å². The van der Waals surface area contributed by atoms with Gasteiger partial charge in [0.25, 0.3) is 0 Å². The molecule has 0 bridgehead atoms. The fourth-order valence-electron chi connectivity index (χ4n) is 1.41. The summed E-state index contributed by atoms with van der Waals surface area (Å²) in [6.45, 7) is 1.98. The second-order valence-corrected chi connectivity index (χ2v) is 4.76. The Hall–Kier alpha value is -1.62. The minimum atomic E-state index is -0.0272. The van der Waals surface area contributed by atoms with E-state index in [-0.39, 0.29) is 11.2 Å². The Bertz CT molecular complexity index is 456. The molecule has 0 saturated carbocycles. The first-order valence-corrected chi connectivity index (χ1v) is 6.31. The normalized spacial score (nSPS) is 22.3. The number of amides is 1. The molecule has 88 valence electrons. The van der Waals surface area contributed by atoms with E-state index in [1.807, 2.05) is 37.3 Å². The Morgan fingerprint density at radius 3 is 2.82 bits per heavy atom. The summed E-state index contributed by atoms with van der Waals surface area (Å²) in [4.78, 5) is 11.4. The highest BCUT2D eigenvalue weighted by Gasteiger charge is 2.28. The Balaban J connectivity index is 1.98. The third-order valence-electron chi connectivity index (χ3n) is 2.30. The lowest BCUT2D eigenvalue weighted by atomic mass is 10.2. The molecule has 0 aliphatic carbocycles. The van der Waals surface area contributed by atoms with Crippen molar-refractivity contribution in [3.05, 3.63) is 35.9 Å². The van der Waals surface area contributed by atoms with Crippen molar-refractivity contribution in [3.8, 4) is 0 Å². The van der Waals surface area contributed by atoms with Crippen LogP contribution in [0.25, 0.3) is 0 Å². The quantitative estimate of drug-likeness (QED) is 0.656. The number of nitrogens with zero attached hydrogens (tertiary/aromatic N) is 2. The zero-order valence-electron chi connectivity index (χ0n) is 9.46. The van der Waals surface area contributed by atoms with Crippen molar-refractivity contribution in [3.63, 3.8) is 0 Å². The topological polar surface area (TPSA) is 53.8 Å². The maximum Gasteiger partial charge on any atom is 0.239 e. The highest BCUT2D eigenvalue weighted by molar-refractivity contribution is 8.15. The number of amidine groups is 1. The number of nitrogens with one attached hydrogen (secondary N) is 1. The predicted octanol–water partition coefficient (Wildman–Crippen LogP) is 2.02. The molecule has 1 aromatic rings. The predicted molar refractivity (Wildman–Crippen MR) is 71.3 cm³/mol. The fourth-order valence-corrected chi connectivity index (χ4v) is 2.26. The molecule has 5 heteroatoms. The molecule has 0 radical (unpaired) electrons. The van der Waals surface area contributed by atoms with Crippen LogP contribution in [-0.4, -0.2) is 22.5 Å². The van der Waals surface area contributed by atoms with Gasteiger partial charge in [-0.15, -0.1) is 5.10 Å². The lowest BCUT2D eigenvalue weighted by Gasteiger charge is -1.95. The number of thioether (sulfide) groups is 1. The molecule has 2 rings (SSSR count). The molecule has 1 N–H and O–H groups in total. The Morgan fingerprint density at radius 1 is 1.41 bits per heavy atom. The average molecular weight is 247 g/mol. The number of carbonyl (C=O) groups excluding carboxylic acids is 1. The third-order valence-corrected chi connectivity index (χ3v) is 3.54. The van der Waals surface area contributed by atoms with Crippen molar-refractivity contribution in [1.29, 1.82) is 0 Å². The summed E-state index contributed by atoms with van der Waals surface area (Å²) in [5.74, 6) is 0.0196. The number of carbonyl (C=O) groups is 1. The summed E-state index contributed by atoms with van der Waals surface area (Å²) >= 11 is 1.43. The highest BCUT2D eigenvalue weighted by atomic mass is 32.2. The number of hydrogen-bond donors (Lipinski definition) is 1. The molecule has 1 aliphatic rings. The van der Waals surface area contributed by atoms with Gasteiger partial charge in [-0.3, -0.25) is 4.79 Å². The van der Waals surface area contributed by atoms with E-state index < -0.39 is 0 Å². The molecule has 1 aliphatic heterocycles. The van der Waals surface area contributed by atoms with Gasteiger partial charge < -0.3 is 5.32 Å². The SMILES string of the molecule is CCC1S/C(=N\N=C\c2ccccc2)NC1=O. The minimum absolute atomic E-state index is 0.0196. The molecular weight excluding hydrogens is 234 g/mol. The number of rotatable bonds is 3. The Morgan fingerprint density at radius 2 is 2.18 bits per heavy atom. The van der Waals surface area contributed by atoms with Crippen molar-refractivity contribution in [2.45, 2.75) is 18.6 Å². The maximum absolute atomic E-state index is 11.4. The van der Waals surface area contributed by atoms with Crippen molar-refractivity contribution in [1.82, 2.24) is 5.32 Å². The molecule has 0 spiro atoms. The van der Waals surface area contributed by atoms with Gasteiger partial charge in [0, 0.05) is 0 Å². The van der Waals surface area contributed by atoms with Crippen LogP contribution in [-0.2, 0) is 4.79 Å². The van der Waals surface area contributed by atoms with Gasteiger partial charge in [-0.25, -0.2) is 0 Å². The first-order chi connectivity index (χ1) is 8.29. The summed E-state index contributed by atoms with van der Waals surface area (Å²) in [6, 6.07) is 9.71. The largest absolute Gasteiger partial charge is 0.303 e. The average Bonchev–Trinajstić information content (AvgIpc) is 2.71. The number of benzene rings is 1. The number of hydrogen-bond acceptors (Lipinski definition) is 4. The van der Waals surface area contributed by atoms with Crippen LogP contribution in [0.2, 0.25) is 0 Å². The standard InChI is InChI=1S/C12H13N3OS/c1-2-10-11(16)14-12(17-10)15-13-8-9-6-4-3-5-7-9/h3-8,10H,2H2,1H3,(H,14,15,16)/b13-8+. The van der Waals surface area contributed by atoms with Crippen LogP contribution in [0.15, 0.2) is 40.5 Å². The molecule has 1 unspecified atom stereocenters. The zero-order chi connectivity index (χ0) is 12.1. The molecule has 4 nitrogen and oxygen atoms in total. The monoisotopic (exact) mass is 247 g/mol. The van der Waals surface area contributed by atoms with E-state index in [9.17, 15) is 4.79 Å². The first-order valence-electron chi connectivity index (χ1n) is 5.43. The zero-order valence-corrected chi connectivity index (χ0v) is 10.3. The van der Waals surface area contributed by atoms with Crippen LogP contribution in [0.3, 0.4) is 0 Å². The van der Waals surface area contributed by atoms with Crippen LogP contribution in [0, 0.1) is 0 Å². The lowest BCUT2D eigenvalue weighted by molar-refractivity contribution is -0.118. The maximum atomic E-state index is 11.4. The van der Waals surface area contributed by atoms with Gasteiger partial charge in [-0.05, 0) is 12.0 Å². The van der Waals surface area contributed by atoms with Gasteiger partial charge in [0.15, 0.2) is 5.17 Å².